The van der Waals surface area contributed by atoms with Gasteiger partial charge >= 0.3 is 0 Å². The zero-order valence-corrected chi connectivity index (χ0v) is 5.70. The van der Waals surface area contributed by atoms with Gasteiger partial charge in [0.2, 0.25) is 10.1 Å². The molecular weight excluding hydrogens is 152 g/mol. The average Bonchev–Trinajstić information content (AvgIpc) is 2.13. The van der Waals surface area contributed by atoms with E-state index < -0.39 is 15.5 Å². The van der Waals surface area contributed by atoms with Gasteiger partial charge in [0.25, 0.3) is 0 Å². The third-order valence-corrected chi connectivity index (χ3v) is 2.27. The van der Waals surface area contributed by atoms with Crippen LogP contribution in [0.1, 0.15) is 6.92 Å². The maximum absolute atomic E-state index is 10.3. The summed E-state index contributed by atoms with van der Waals surface area (Å²) in [4.78, 5) is 0. The minimum absolute atomic E-state index is 0.0965. The Morgan fingerprint density at radius 2 is 2.38 bits per heavy atom. The van der Waals surface area contributed by atoms with E-state index in [0.717, 1.165) is 0 Å². The van der Waals surface area contributed by atoms with Crippen LogP contribution in [0.2, 0.25) is 0 Å². The van der Waals surface area contributed by atoms with Crippen molar-refractivity contribution in [3.63, 3.8) is 0 Å². The van der Waals surface area contributed by atoms with Gasteiger partial charge in [0, 0.05) is 0 Å². The van der Waals surface area contributed by atoms with Gasteiger partial charge in [-0.15, -0.1) is 11.6 Å². The fourth-order valence-corrected chi connectivity index (χ4v) is 1.72. The van der Waals surface area contributed by atoms with Crippen LogP contribution in [-0.4, -0.2) is 19.2 Å². The van der Waals surface area contributed by atoms with Crippen molar-refractivity contribution in [3.05, 3.63) is 0 Å². The van der Waals surface area contributed by atoms with Crippen LogP contribution in [0.5, 0.6) is 0 Å². The van der Waals surface area contributed by atoms with Crippen molar-refractivity contribution in [3.8, 4) is 0 Å². The number of alkyl halides is 1. The van der Waals surface area contributed by atoms with E-state index in [4.69, 9.17) is 16.2 Å². The number of hydrogen-bond acceptors (Lipinski definition) is 2. The number of rotatable bonds is 1. The van der Waals surface area contributed by atoms with Crippen molar-refractivity contribution < 1.29 is 12.9 Å². The minimum Gasteiger partial charge on any atom is -0.291 e. The second kappa shape index (κ2) is 1.60. The zero-order valence-electron chi connectivity index (χ0n) is 4.13. The number of halogens is 1. The maximum Gasteiger partial charge on any atom is 0.236 e. The molecule has 1 aliphatic heterocycles. The fraction of sp³-hybridized carbons (Fsp3) is 0.667. The van der Waals surface area contributed by atoms with Crippen molar-refractivity contribution in [2.45, 2.75) is 12.3 Å². The highest BCUT2D eigenvalue weighted by atomic mass is 35.5. The van der Waals surface area contributed by atoms with Crippen LogP contribution in [-0.2, 0) is 14.3 Å². The summed E-state index contributed by atoms with van der Waals surface area (Å²) in [6.45, 7) is 1.58. The Bertz CT molecular complexity index is 213. The Morgan fingerprint density at radius 1 is 2.00 bits per heavy atom. The van der Waals surface area contributed by atoms with E-state index in [1.807, 2.05) is 0 Å². The second-order valence-electron chi connectivity index (χ2n) is 1.49. The normalized spacial score (nSPS) is 39.6. The molecule has 0 aromatic carbocycles. The molecule has 5 heteroatoms. The lowest BCUT2D eigenvalue weighted by Crippen LogP contribution is -1.96. The molecule has 1 N–H and O–H groups in total. The van der Waals surface area contributed by atoms with Crippen LogP contribution < -0.4 is 0 Å². The molecule has 3 nitrogen and oxygen atoms in total. The summed E-state index contributed by atoms with van der Waals surface area (Å²) in [5.41, 5.74) is 0. The average molecular weight is 157 g/mol. The first-order valence-corrected chi connectivity index (χ1v) is 3.88. The predicted molar refractivity (Wildman–Crippen MR) is 32.2 cm³/mol. The van der Waals surface area contributed by atoms with Crippen LogP contribution in [0, 0.1) is 0 Å². The van der Waals surface area contributed by atoms with E-state index in [1.165, 1.54) is 0 Å². The van der Waals surface area contributed by atoms with Crippen molar-refractivity contribution in [1.82, 2.24) is 0 Å². The van der Waals surface area contributed by atoms with Gasteiger partial charge in [-0.1, -0.05) is 0 Å². The first-order valence-electron chi connectivity index (χ1n) is 2.01. The zero-order chi connectivity index (χ0) is 6.36. The fourth-order valence-electron chi connectivity index (χ4n) is 0.366. The van der Waals surface area contributed by atoms with Gasteiger partial charge in [0.05, 0.1) is 5.38 Å². The van der Waals surface area contributed by atoms with Crippen molar-refractivity contribution in [2.24, 2.45) is 0 Å². The van der Waals surface area contributed by atoms with Crippen LogP contribution in [0.3, 0.4) is 0 Å². The molecule has 1 aliphatic rings. The van der Waals surface area contributed by atoms with Gasteiger partial charge in [-0.05, 0) is 6.92 Å². The molecule has 1 heterocycles. The van der Waals surface area contributed by atoms with Crippen molar-refractivity contribution in [2.75, 3.05) is 0 Å². The molecule has 0 radical (unpaired) electrons. The van der Waals surface area contributed by atoms with Crippen molar-refractivity contribution in [1.29, 1.82) is 0 Å². The second-order valence-corrected chi connectivity index (χ2v) is 3.67. The topological polar surface area (TPSA) is 49.8 Å². The van der Waals surface area contributed by atoms with E-state index >= 15 is 0 Å². The lowest BCUT2D eigenvalue weighted by Gasteiger charge is -1.80. The summed E-state index contributed by atoms with van der Waals surface area (Å²) in [6.07, 6.45) is 0. The summed E-state index contributed by atoms with van der Waals surface area (Å²) >= 11 is 5.36. The Balaban J connectivity index is 2.83. The van der Waals surface area contributed by atoms with Gasteiger partial charge in [-0.3, -0.25) is 4.55 Å². The molecule has 0 spiro atoms. The molecule has 48 valence electrons. The molecule has 0 amide bonds. The van der Waals surface area contributed by atoms with Gasteiger partial charge in [-0.2, -0.15) is 0 Å². The number of hydrogen-bond donors (Lipinski definition) is 1. The third kappa shape index (κ3) is 0.974. The summed E-state index contributed by atoms with van der Waals surface area (Å²) < 4.78 is 23.0. The smallest absolute Gasteiger partial charge is 0.236 e. The Kier molecular flexibility index (Phi) is 1.27. The molecule has 0 saturated heterocycles. The first kappa shape index (κ1) is 6.35. The standard InChI is InChI=1S/C3H5ClO3S/c1-2(4)3-7-8(3,5)6/h2H,1H3,(H,5,6). The molecule has 0 saturated carbocycles. The van der Waals surface area contributed by atoms with E-state index in [1.54, 1.807) is 6.92 Å². The van der Waals surface area contributed by atoms with Gasteiger partial charge in [-0.25, -0.2) is 8.39 Å². The lowest BCUT2D eigenvalue weighted by atomic mass is 10.5. The largest absolute Gasteiger partial charge is 0.291 e. The first-order chi connectivity index (χ1) is 3.54. The summed E-state index contributed by atoms with van der Waals surface area (Å²) in [6, 6.07) is 0. The lowest BCUT2D eigenvalue weighted by molar-refractivity contribution is 0.493. The minimum atomic E-state index is -3.02. The molecule has 1 rings (SSSR count). The van der Waals surface area contributed by atoms with E-state index in [9.17, 15) is 4.21 Å². The molecule has 0 aliphatic carbocycles. The maximum atomic E-state index is 10.3. The molecule has 2 atom stereocenters. The highest BCUT2D eigenvalue weighted by Gasteiger charge is 2.34. The molecule has 2 unspecified atom stereocenters. The predicted octanol–water partition coefficient (Wildman–Crippen LogP) is 0.446. The summed E-state index contributed by atoms with van der Waals surface area (Å²) in [5, 5.41) is -0.355. The molecule has 0 fully saturated rings. The molecule has 0 bridgehead atoms. The summed E-state index contributed by atoms with van der Waals surface area (Å²) in [7, 11) is -3.02. The van der Waals surface area contributed by atoms with E-state index in [2.05, 4.69) is 4.18 Å². The van der Waals surface area contributed by atoms with Gasteiger partial charge in [0.1, 0.15) is 0 Å². The van der Waals surface area contributed by atoms with Crippen LogP contribution in [0.15, 0.2) is 0 Å². The monoisotopic (exact) mass is 156 g/mol. The van der Waals surface area contributed by atoms with E-state index in [0.29, 0.717) is 0 Å². The Hall–Kier alpha value is 0.230. The highest BCUT2D eigenvalue weighted by molar-refractivity contribution is 8.00. The van der Waals surface area contributed by atoms with E-state index in [-0.39, 0.29) is 5.05 Å². The van der Waals surface area contributed by atoms with Crippen LogP contribution in [0.25, 0.3) is 0 Å². The summed E-state index contributed by atoms with van der Waals surface area (Å²) in [5.74, 6) is 0. The highest BCUT2D eigenvalue weighted by Crippen LogP contribution is 2.18. The van der Waals surface area contributed by atoms with Gasteiger partial charge < -0.3 is 0 Å². The Labute approximate surface area is 52.6 Å². The quantitative estimate of drug-likeness (QED) is 0.443. The molecule has 0 aromatic heterocycles. The molecule has 8 heavy (non-hydrogen) atoms. The molecular formula is C3H5ClO3S. The van der Waals surface area contributed by atoms with Gasteiger partial charge in [0.15, 0.2) is 5.05 Å². The molecule has 0 aromatic rings. The van der Waals surface area contributed by atoms with Crippen LogP contribution in [0.4, 0.5) is 0 Å². The van der Waals surface area contributed by atoms with Crippen LogP contribution >= 0.6 is 11.6 Å². The Morgan fingerprint density at radius 3 is 2.38 bits per heavy atom. The van der Waals surface area contributed by atoms with Crippen molar-refractivity contribution >= 4 is 26.7 Å². The third-order valence-electron chi connectivity index (χ3n) is 0.748. The SMILES string of the molecule is CC(Cl)C1=S(=O)(O)O1.